The fourth-order valence-corrected chi connectivity index (χ4v) is 2.17. The molecule has 1 unspecified atom stereocenters. The van der Waals surface area contributed by atoms with E-state index in [1.807, 2.05) is 49.4 Å². The van der Waals surface area contributed by atoms with Crippen LogP contribution in [0.25, 0.3) is 0 Å². The van der Waals surface area contributed by atoms with Crippen molar-refractivity contribution in [2.75, 3.05) is 6.61 Å². The minimum Gasteiger partial charge on any atom is -0.508 e. The van der Waals surface area contributed by atoms with Gasteiger partial charge in [0.05, 0.1) is 6.61 Å². The van der Waals surface area contributed by atoms with Crippen LogP contribution in [0.4, 0.5) is 0 Å². The summed E-state index contributed by atoms with van der Waals surface area (Å²) in [5.41, 5.74) is 2.81. The number of aryl methyl sites for hydroxylation is 1. The van der Waals surface area contributed by atoms with Crippen LogP contribution in [0.15, 0.2) is 48.5 Å². The van der Waals surface area contributed by atoms with Gasteiger partial charge in [-0.15, -0.1) is 0 Å². The number of hydrogen-bond donors (Lipinski definition) is 2. The number of hydrogen-bond acceptors (Lipinski definition) is 2. The molecule has 0 aliphatic heterocycles. The number of rotatable bonds is 3. The summed E-state index contributed by atoms with van der Waals surface area (Å²) >= 11 is 0. The fraction of sp³-hybridized carbons (Fsp3) is 0.200. The second-order valence-corrected chi connectivity index (χ2v) is 4.15. The Morgan fingerprint density at radius 3 is 2.29 bits per heavy atom. The number of aromatic hydroxyl groups is 1. The molecule has 17 heavy (non-hydrogen) atoms. The van der Waals surface area contributed by atoms with E-state index in [9.17, 15) is 10.2 Å². The highest BCUT2D eigenvalue weighted by molar-refractivity contribution is 5.46. The van der Waals surface area contributed by atoms with Gasteiger partial charge in [-0.3, -0.25) is 0 Å². The lowest BCUT2D eigenvalue weighted by Gasteiger charge is -2.18. The standard InChI is InChI=1S/C15H16O2/c1-11-6-5-9-14(17)15(11)13(10-16)12-7-3-2-4-8-12/h2-9,13,16-17H,10H2,1H3. The van der Waals surface area contributed by atoms with E-state index in [1.165, 1.54) is 0 Å². The average Bonchev–Trinajstić information content (AvgIpc) is 2.35. The Morgan fingerprint density at radius 2 is 1.71 bits per heavy atom. The Bertz CT molecular complexity index is 471. The summed E-state index contributed by atoms with van der Waals surface area (Å²) in [5, 5.41) is 19.5. The van der Waals surface area contributed by atoms with E-state index >= 15 is 0 Å². The Balaban J connectivity index is 2.50. The van der Waals surface area contributed by atoms with Gasteiger partial charge in [-0.1, -0.05) is 42.5 Å². The first-order chi connectivity index (χ1) is 8.24. The van der Waals surface area contributed by atoms with Crippen molar-refractivity contribution in [3.05, 3.63) is 65.2 Å². The number of phenols is 1. The van der Waals surface area contributed by atoms with Crippen LogP contribution < -0.4 is 0 Å². The van der Waals surface area contributed by atoms with Gasteiger partial charge in [0, 0.05) is 11.5 Å². The third-order valence-corrected chi connectivity index (χ3v) is 3.03. The number of benzene rings is 2. The Kier molecular flexibility index (Phi) is 3.45. The van der Waals surface area contributed by atoms with Gasteiger partial charge >= 0.3 is 0 Å². The number of aliphatic hydroxyl groups is 1. The molecule has 2 N–H and O–H groups in total. The summed E-state index contributed by atoms with van der Waals surface area (Å²) in [4.78, 5) is 0. The predicted octanol–water partition coefficient (Wildman–Crippen LogP) is 2.82. The van der Waals surface area contributed by atoms with Crippen LogP contribution in [-0.4, -0.2) is 16.8 Å². The minimum atomic E-state index is -0.169. The quantitative estimate of drug-likeness (QED) is 0.848. The third-order valence-electron chi connectivity index (χ3n) is 3.03. The summed E-state index contributed by atoms with van der Waals surface area (Å²) in [6.07, 6.45) is 0. The summed E-state index contributed by atoms with van der Waals surface area (Å²) in [6, 6.07) is 15.2. The number of aliphatic hydroxyl groups excluding tert-OH is 1. The van der Waals surface area contributed by atoms with Crippen molar-refractivity contribution in [1.29, 1.82) is 0 Å². The van der Waals surface area contributed by atoms with Crippen molar-refractivity contribution in [2.45, 2.75) is 12.8 Å². The molecule has 0 saturated heterocycles. The summed E-state index contributed by atoms with van der Waals surface area (Å²) in [7, 11) is 0. The molecule has 88 valence electrons. The number of phenolic OH excluding ortho intramolecular Hbond substituents is 1. The fourth-order valence-electron chi connectivity index (χ4n) is 2.17. The van der Waals surface area contributed by atoms with E-state index in [1.54, 1.807) is 6.07 Å². The van der Waals surface area contributed by atoms with Gasteiger partial charge < -0.3 is 10.2 Å². The van der Waals surface area contributed by atoms with Gasteiger partial charge in [-0.2, -0.15) is 0 Å². The molecule has 1 atom stereocenters. The van der Waals surface area contributed by atoms with Crippen molar-refractivity contribution < 1.29 is 10.2 Å². The molecule has 0 saturated carbocycles. The van der Waals surface area contributed by atoms with Gasteiger partial charge in [0.2, 0.25) is 0 Å². The topological polar surface area (TPSA) is 40.5 Å². The van der Waals surface area contributed by atoms with E-state index in [-0.39, 0.29) is 18.3 Å². The lowest BCUT2D eigenvalue weighted by molar-refractivity contribution is 0.277. The lowest BCUT2D eigenvalue weighted by Crippen LogP contribution is -2.08. The molecule has 2 nitrogen and oxygen atoms in total. The molecule has 0 amide bonds. The lowest BCUT2D eigenvalue weighted by atomic mass is 9.88. The van der Waals surface area contributed by atoms with Crippen LogP contribution in [0.5, 0.6) is 5.75 Å². The maximum atomic E-state index is 9.94. The van der Waals surface area contributed by atoms with E-state index in [4.69, 9.17) is 0 Å². The largest absolute Gasteiger partial charge is 0.508 e. The molecular formula is C15H16O2. The summed E-state index contributed by atoms with van der Waals surface area (Å²) < 4.78 is 0. The zero-order valence-electron chi connectivity index (χ0n) is 9.80. The zero-order valence-corrected chi connectivity index (χ0v) is 9.80. The van der Waals surface area contributed by atoms with Crippen LogP contribution >= 0.6 is 0 Å². The van der Waals surface area contributed by atoms with Crippen molar-refractivity contribution in [3.63, 3.8) is 0 Å². The first-order valence-corrected chi connectivity index (χ1v) is 5.68. The molecule has 0 spiro atoms. The molecule has 2 rings (SSSR count). The highest BCUT2D eigenvalue weighted by atomic mass is 16.3. The molecule has 0 bridgehead atoms. The maximum absolute atomic E-state index is 9.94. The SMILES string of the molecule is Cc1cccc(O)c1C(CO)c1ccccc1. The van der Waals surface area contributed by atoms with Gasteiger partial charge in [0.1, 0.15) is 5.75 Å². The van der Waals surface area contributed by atoms with Gasteiger partial charge in [0.25, 0.3) is 0 Å². The zero-order chi connectivity index (χ0) is 12.3. The smallest absolute Gasteiger partial charge is 0.119 e. The van der Waals surface area contributed by atoms with Crippen molar-refractivity contribution in [3.8, 4) is 5.75 Å². The van der Waals surface area contributed by atoms with Crippen LogP contribution in [0.1, 0.15) is 22.6 Å². The monoisotopic (exact) mass is 228 g/mol. The normalized spacial score (nSPS) is 12.4. The first kappa shape index (κ1) is 11.7. The highest BCUT2D eigenvalue weighted by Crippen LogP contribution is 2.33. The van der Waals surface area contributed by atoms with E-state index in [0.29, 0.717) is 0 Å². The molecule has 0 aliphatic rings. The molecule has 0 aliphatic carbocycles. The van der Waals surface area contributed by atoms with E-state index in [2.05, 4.69) is 0 Å². The van der Waals surface area contributed by atoms with Gasteiger partial charge in [-0.25, -0.2) is 0 Å². The predicted molar refractivity (Wildman–Crippen MR) is 68.2 cm³/mol. The summed E-state index contributed by atoms with van der Waals surface area (Å²) in [5.74, 6) is 0.0744. The summed E-state index contributed by atoms with van der Waals surface area (Å²) in [6.45, 7) is 1.93. The second kappa shape index (κ2) is 5.02. The maximum Gasteiger partial charge on any atom is 0.119 e. The van der Waals surface area contributed by atoms with Gasteiger partial charge in [0.15, 0.2) is 0 Å². The first-order valence-electron chi connectivity index (χ1n) is 5.68. The minimum absolute atomic E-state index is 0.0115. The molecular weight excluding hydrogens is 212 g/mol. The highest BCUT2D eigenvalue weighted by Gasteiger charge is 2.18. The van der Waals surface area contributed by atoms with E-state index in [0.717, 1.165) is 16.7 Å². The molecule has 2 aromatic rings. The van der Waals surface area contributed by atoms with Crippen molar-refractivity contribution in [1.82, 2.24) is 0 Å². The third kappa shape index (κ3) is 2.32. The second-order valence-electron chi connectivity index (χ2n) is 4.15. The molecule has 0 aromatic heterocycles. The van der Waals surface area contributed by atoms with Gasteiger partial charge in [-0.05, 0) is 24.1 Å². The van der Waals surface area contributed by atoms with Crippen LogP contribution in [-0.2, 0) is 0 Å². The Labute approximate surface area is 101 Å². The average molecular weight is 228 g/mol. The molecule has 0 fully saturated rings. The molecule has 2 aromatic carbocycles. The molecule has 2 heteroatoms. The Hall–Kier alpha value is -1.80. The molecule has 0 heterocycles. The van der Waals surface area contributed by atoms with Crippen LogP contribution in [0.2, 0.25) is 0 Å². The van der Waals surface area contributed by atoms with Crippen molar-refractivity contribution in [2.24, 2.45) is 0 Å². The van der Waals surface area contributed by atoms with Crippen molar-refractivity contribution >= 4 is 0 Å². The van der Waals surface area contributed by atoms with Crippen LogP contribution in [0, 0.1) is 6.92 Å². The van der Waals surface area contributed by atoms with E-state index < -0.39 is 0 Å². The molecule has 0 radical (unpaired) electrons. The van der Waals surface area contributed by atoms with Crippen LogP contribution in [0.3, 0.4) is 0 Å². The Morgan fingerprint density at radius 1 is 1.00 bits per heavy atom.